The van der Waals surface area contributed by atoms with Gasteiger partial charge in [0, 0.05) is 0 Å². The van der Waals surface area contributed by atoms with Crippen LogP contribution in [0.25, 0.3) is 0 Å². The monoisotopic (exact) mass is 415 g/mol. The summed E-state index contributed by atoms with van der Waals surface area (Å²) in [7, 11) is 0. The molecule has 0 fully saturated rings. The van der Waals surface area contributed by atoms with Gasteiger partial charge in [-0.1, -0.05) is 49.4 Å². The highest BCUT2D eigenvalue weighted by Crippen LogP contribution is 2.32. The molecule has 6 heteroatoms. The lowest BCUT2D eigenvalue weighted by molar-refractivity contribution is 0.0529. The van der Waals surface area contributed by atoms with Crippen LogP contribution in [0, 0.1) is 0 Å². The Balaban J connectivity index is 1.66. The SMILES string of the molecule is CCc1ccc(OCC(c2ccccc2)N2C(=O)c3ccc(C(=O)O)cc3C2=O)cc1. The lowest BCUT2D eigenvalue weighted by Crippen LogP contribution is -2.37. The molecule has 1 aliphatic heterocycles. The Hall–Kier alpha value is -3.93. The number of ether oxygens (including phenoxy) is 1. The molecule has 3 aromatic rings. The van der Waals surface area contributed by atoms with Gasteiger partial charge in [0.25, 0.3) is 11.8 Å². The molecule has 0 saturated carbocycles. The number of carbonyl (C=O) groups excluding carboxylic acids is 2. The third kappa shape index (κ3) is 3.92. The largest absolute Gasteiger partial charge is 0.491 e. The highest BCUT2D eigenvalue weighted by molar-refractivity contribution is 6.22. The van der Waals surface area contributed by atoms with Crippen LogP contribution in [0.2, 0.25) is 0 Å². The van der Waals surface area contributed by atoms with Gasteiger partial charge in [-0.2, -0.15) is 0 Å². The van der Waals surface area contributed by atoms with Crippen molar-refractivity contribution < 1.29 is 24.2 Å². The summed E-state index contributed by atoms with van der Waals surface area (Å²) in [6, 6.07) is 20.2. The van der Waals surface area contributed by atoms with Crippen LogP contribution in [0.3, 0.4) is 0 Å². The van der Waals surface area contributed by atoms with Gasteiger partial charge in [-0.05, 0) is 47.9 Å². The van der Waals surface area contributed by atoms with E-state index in [0.717, 1.165) is 16.9 Å². The van der Waals surface area contributed by atoms with Gasteiger partial charge in [0.15, 0.2) is 0 Å². The van der Waals surface area contributed by atoms with E-state index in [4.69, 9.17) is 4.74 Å². The Morgan fingerprint density at radius 1 is 0.935 bits per heavy atom. The second-order valence-electron chi connectivity index (χ2n) is 7.28. The Labute approximate surface area is 179 Å². The predicted molar refractivity (Wildman–Crippen MR) is 114 cm³/mol. The van der Waals surface area contributed by atoms with Crippen LogP contribution in [0.15, 0.2) is 72.8 Å². The molecule has 0 aliphatic carbocycles. The van der Waals surface area contributed by atoms with Gasteiger partial charge in [0.2, 0.25) is 0 Å². The van der Waals surface area contributed by atoms with Crippen LogP contribution in [0.1, 0.15) is 55.2 Å². The smallest absolute Gasteiger partial charge is 0.335 e. The average molecular weight is 415 g/mol. The van der Waals surface area contributed by atoms with E-state index >= 15 is 0 Å². The molecule has 0 radical (unpaired) electrons. The first-order valence-corrected chi connectivity index (χ1v) is 10.0. The number of imide groups is 1. The van der Waals surface area contributed by atoms with Gasteiger partial charge in [-0.25, -0.2) is 4.79 Å². The molecule has 0 bridgehead atoms. The highest BCUT2D eigenvalue weighted by Gasteiger charge is 2.41. The van der Waals surface area contributed by atoms with Crippen LogP contribution >= 0.6 is 0 Å². The fourth-order valence-electron chi connectivity index (χ4n) is 3.67. The Morgan fingerprint density at radius 2 is 1.61 bits per heavy atom. The minimum atomic E-state index is -1.15. The molecule has 1 heterocycles. The molecule has 1 aliphatic rings. The second kappa shape index (κ2) is 8.44. The average Bonchev–Trinajstić information content (AvgIpc) is 3.05. The standard InChI is InChI=1S/C25H21NO5/c1-2-16-8-11-19(12-9-16)31-15-22(17-6-4-3-5-7-17)26-23(27)20-13-10-18(25(29)30)14-21(20)24(26)28/h3-14,22H,2,15H2,1H3,(H,29,30). The van der Waals surface area contributed by atoms with E-state index in [-0.39, 0.29) is 23.3 Å². The third-order valence-corrected chi connectivity index (χ3v) is 5.40. The summed E-state index contributed by atoms with van der Waals surface area (Å²) in [4.78, 5) is 38.7. The fraction of sp³-hybridized carbons (Fsp3) is 0.160. The molecule has 4 rings (SSSR count). The van der Waals surface area contributed by atoms with E-state index in [2.05, 4.69) is 6.92 Å². The van der Waals surface area contributed by atoms with Crippen molar-refractivity contribution in [2.75, 3.05) is 6.61 Å². The fourth-order valence-corrected chi connectivity index (χ4v) is 3.67. The normalized spacial score (nSPS) is 13.8. The Kier molecular flexibility index (Phi) is 5.54. The molecule has 31 heavy (non-hydrogen) atoms. The third-order valence-electron chi connectivity index (χ3n) is 5.40. The summed E-state index contributed by atoms with van der Waals surface area (Å²) in [6.07, 6.45) is 0.917. The lowest BCUT2D eigenvalue weighted by atomic mass is 10.1. The molecule has 0 saturated heterocycles. The molecule has 156 valence electrons. The van der Waals surface area contributed by atoms with Crippen molar-refractivity contribution in [3.8, 4) is 5.75 Å². The summed E-state index contributed by atoms with van der Waals surface area (Å²) >= 11 is 0. The first-order valence-electron chi connectivity index (χ1n) is 10.0. The van der Waals surface area contributed by atoms with E-state index in [1.165, 1.54) is 23.8 Å². The topological polar surface area (TPSA) is 83.9 Å². The van der Waals surface area contributed by atoms with Crippen LogP contribution in [-0.4, -0.2) is 34.4 Å². The Bertz CT molecular complexity index is 1140. The van der Waals surface area contributed by atoms with Crippen LogP contribution in [-0.2, 0) is 6.42 Å². The van der Waals surface area contributed by atoms with Gasteiger partial charge in [0.05, 0.1) is 22.7 Å². The van der Waals surface area contributed by atoms with E-state index < -0.39 is 23.8 Å². The number of rotatable bonds is 7. The van der Waals surface area contributed by atoms with Crippen LogP contribution in [0.5, 0.6) is 5.75 Å². The summed E-state index contributed by atoms with van der Waals surface area (Å²) < 4.78 is 5.95. The van der Waals surface area contributed by atoms with Gasteiger partial charge >= 0.3 is 5.97 Å². The van der Waals surface area contributed by atoms with Crippen molar-refractivity contribution in [1.82, 2.24) is 4.90 Å². The number of hydrogen-bond acceptors (Lipinski definition) is 4. The lowest BCUT2D eigenvalue weighted by Gasteiger charge is -2.26. The van der Waals surface area contributed by atoms with E-state index in [0.29, 0.717) is 5.75 Å². The number of carboxylic acid groups (broad SMARTS) is 1. The zero-order valence-electron chi connectivity index (χ0n) is 16.9. The van der Waals surface area contributed by atoms with E-state index in [1.807, 2.05) is 54.6 Å². The van der Waals surface area contributed by atoms with Crippen LogP contribution < -0.4 is 4.74 Å². The minimum Gasteiger partial charge on any atom is -0.491 e. The summed E-state index contributed by atoms with van der Waals surface area (Å²) in [6.45, 7) is 2.14. The van der Waals surface area contributed by atoms with Crippen molar-refractivity contribution in [2.24, 2.45) is 0 Å². The molecular formula is C25H21NO5. The molecule has 0 spiro atoms. The molecule has 2 amide bonds. The molecule has 3 aromatic carbocycles. The summed E-state index contributed by atoms with van der Waals surface area (Å²) in [5.41, 5.74) is 2.19. The van der Waals surface area contributed by atoms with Crippen LogP contribution in [0.4, 0.5) is 0 Å². The first kappa shape index (κ1) is 20.3. The van der Waals surface area contributed by atoms with Gasteiger partial charge < -0.3 is 9.84 Å². The van der Waals surface area contributed by atoms with Gasteiger partial charge in [0.1, 0.15) is 12.4 Å². The maximum absolute atomic E-state index is 13.1. The summed E-state index contributed by atoms with van der Waals surface area (Å²) in [5.74, 6) is -1.50. The van der Waals surface area contributed by atoms with Crippen molar-refractivity contribution in [3.05, 3.63) is 101 Å². The van der Waals surface area contributed by atoms with Crippen molar-refractivity contribution in [2.45, 2.75) is 19.4 Å². The summed E-state index contributed by atoms with van der Waals surface area (Å²) in [5, 5.41) is 9.24. The number of nitrogens with zero attached hydrogens (tertiary/aromatic N) is 1. The van der Waals surface area contributed by atoms with Gasteiger partial charge in [-0.15, -0.1) is 0 Å². The van der Waals surface area contributed by atoms with Crippen molar-refractivity contribution >= 4 is 17.8 Å². The molecule has 6 nitrogen and oxygen atoms in total. The second-order valence-corrected chi connectivity index (χ2v) is 7.28. The number of hydrogen-bond donors (Lipinski definition) is 1. The number of aromatic carboxylic acids is 1. The predicted octanol–water partition coefficient (Wildman–Crippen LogP) is 4.36. The van der Waals surface area contributed by atoms with Gasteiger partial charge in [-0.3, -0.25) is 14.5 Å². The maximum atomic E-state index is 13.1. The minimum absolute atomic E-state index is 0.0368. The molecule has 0 aromatic heterocycles. The van der Waals surface area contributed by atoms with Crippen molar-refractivity contribution in [3.63, 3.8) is 0 Å². The molecule has 1 N–H and O–H groups in total. The quantitative estimate of drug-likeness (QED) is 0.580. The number of benzene rings is 3. The molecule has 1 unspecified atom stereocenters. The van der Waals surface area contributed by atoms with Crippen molar-refractivity contribution in [1.29, 1.82) is 0 Å². The van der Waals surface area contributed by atoms with E-state index in [9.17, 15) is 19.5 Å². The first-order chi connectivity index (χ1) is 15.0. The number of carboxylic acids is 1. The number of carbonyl (C=O) groups is 3. The molecular weight excluding hydrogens is 394 g/mol. The number of aryl methyl sites for hydroxylation is 1. The number of fused-ring (bicyclic) bond motifs is 1. The molecule has 1 atom stereocenters. The highest BCUT2D eigenvalue weighted by atomic mass is 16.5. The maximum Gasteiger partial charge on any atom is 0.335 e. The zero-order valence-corrected chi connectivity index (χ0v) is 16.9. The zero-order chi connectivity index (χ0) is 22.0. The Morgan fingerprint density at radius 3 is 2.26 bits per heavy atom. The van der Waals surface area contributed by atoms with E-state index in [1.54, 1.807) is 0 Å². The number of amides is 2.